The molecule has 1 rings (SSSR count). The average molecular weight is 210 g/mol. The number of aliphatic hydroxyl groups excluding tert-OH is 1. The van der Waals surface area contributed by atoms with Crippen LogP contribution in [0.1, 0.15) is 18.4 Å². The lowest BCUT2D eigenvalue weighted by Crippen LogP contribution is -2.04. The third kappa shape index (κ3) is 3.90. The third-order valence-corrected chi connectivity index (χ3v) is 2.28. The smallest absolute Gasteiger partial charge is 0.119 e. The van der Waals surface area contributed by atoms with Gasteiger partial charge in [0.15, 0.2) is 0 Å². The summed E-state index contributed by atoms with van der Waals surface area (Å²) in [6.45, 7) is 3.31. The van der Waals surface area contributed by atoms with Crippen molar-refractivity contribution in [2.24, 2.45) is 0 Å². The highest BCUT2D eigenvalue weighted by Crippen LogP contribution is 2.18. The Bertz CT molecular complexity index is 269. The van der Waals surface area contributed by atoms with Gasteiger partial charge in [-0.1, -0.05) is 19.1 Å². The first-order valence-corrected chi connectivity index (χ1v) is 5.10. The van der Waals surface area contributed by atoms with Crippen molar-refractivity contribution in [3.63, 3.8) is 0 Å². The summed E-state index contributed by atoms with van der Waals surface area (Å²) in [5, 5.41) is 8.98. The van der Waals surface area contributed by atoms with E-state index in [2.05, 4.69) is 0 Å². The summed E-state index contributed by atoms with van der Waals surface area (Å²) in [7, 11) is 1.65. The molecule has 0 aliphatic carbocycles. The molecule has 0 heterocycles. The molecule has 0 aliphatic heterocycles. The molecule has 1 N–H and O–H groups in total. The van der Waals surface area contributed by atoms with Gasteiger partial charge in [-0.15, -0.1) is 0 Å². The maximum Gasteiger partial charge on any atom is 0.119 e. The molecular weight excluding hydrogens is 192 g/mol. The molecule has 1 atom stereocenters. The van der Waals surface area contributed by atoms with Gasteiger partial charge in [0.05, 0.1) is 6.61 Å². The van der Waals surface area contributed by atoms with Gasteiger partial charge in [0, 0.05) is 19.6 Å². The largest absolute Gasteiger partial charge is 0.491 e. The normalized spacial score (nSPS) is 12.5. The molecule has 3 nitrogen and oxygen atoms in total. The van der Waals surface area contributed by atoms with Crippen molar-refractivity contribution in [1.82, 2.24) is 0 Å². The van der Waals surface area contributed by atoms with Crippen LogP contribution in [0.2, 0.25) is 0 Å². The summed E-state index contributed by atoms with van der Waals surface area (Å²) in [5.41, 5.74) is 1.12. The van der Waals surface area contributed by atoms with Crippen LogP contribution in [-0.2, 0) is 4.74 Å². The molecule has 0 saturated carbocycles. The fourth-order valence-corrected chi connectivity index (χ4v) is 1.24. The maximum atomic E-state index is 8.98. The zero-order valence-corrected chi connectivity index (χ0v) is 9.27. The van der Waals surface area contributed by atoms with Crippen molar-refractivity contribution < 1.29 is 14.6 Å². The molecule has 0 amide bonds. The molecule has 0 radical (unpaired) electrons. The zero-order chi connectivity index (χ0) is 11.1. The molecule has 15 heavy (non-hydrogen) atoms. The molecule has 1 aromatic rings. The zero-order valence-electron chi connectivity index (χ0n) is 9.27. The van der Waals surface area contributed by atoms with Crippen molar-refractivity contribution in [2.45, 2.75) is 12.8 Å². The van der Waals surface area contributed by atoms with E-state index in [0.717, 1.165) is 11.3 Å². The van der Waals surface area contributed by atoms with E-state index in [-0.39, 0.29) is 12.5 Å². The average Bonchev–Trinajstić information content (AvgIpc) is 2.29. The van der Waals surface area contributed by atoms with Gasteiger partial charge >= 0.3 is 0 Å². The second-order valence-electron chi connectivity index (χ2n) is 3.49. The summed E-state index contributed by atoms with van der Waals surface area (Å²) in [4.78, 5) is 0. The molecule has 1 unspecified atom stereocenters. The van der Waals surface area contributed by atoms with Gasteiger partial charge in [0.25, 0.3) is 0 Å². The lowest BCUT2D eigenvalue weighted by molar-refractivity contribution is 0.146. The van der Waals surface area contributed by atoms with E-state index in [0.29, 0.717) is 13.2 Å². The van der Waals surface area contributed by atoms with Crippen molar-refractivity contribution in [2.75, 3.05) is 26.9 Å². The summed E-state index contributed by atoms with van der Waals surface area (Å²) < 4.78 is 10.3. The van der Waals surface area contributed by atoms with Crippen molar-refractivity contribution in [3.8, 4) is 5.75 Å². The highest BCUT2D eigenvalue weighted by molar-refractivity contribution is 5.29. The van der Waals surface area contributed by atoms with E-state index >= 15 is 0 Å². The molecule has 0 bridgehead atoms. The minimum absolute atomic E-state index is 0.171. The Morgan fingerprint density at radius 2 is 1.87 bits per heavy atom. The number of methoxy groups -OCH3 is 1. The quantitative estimate of drug-likeness (QED) is 0.728. The van der Waals surface area contributed by atoms with Crippen LogP contribution in [0.3, 0.4) is 0 Å². The summed E-state index contributed by atoms with van der Waals surface area (Å²) in [5.74, 6) is 1.01. The third-order valence-electron chi connectivity index (χ3n) is 2.28. The monoisotopic (exact) mass is 210 g/mol. The molecule has 84 valence electrons. The van der Waals surface area contributed by atoms with Crippen molar-refractivity contribution in [3.05, 3.63) is 29.8 Å². The molecule has 0 aromatic heterocycles. The van der Waals surface area contributed by atoms with E-state index in [1.165, 1.54) is 0 Å². The molecule has 0 fully saturated rings. The van der Waals surface area contributed by atoms with E-state index in [4.69, 9.17) is 14.6 Å². The summed E-state index contributed by atoms with van der Waals surface area (Å²) >= 11 is 0. The first-order chi connectivity index (χ1) is 7.27. The van der Waals surface area contributed by atoms with Gasteiger partial charge in [0.2, 0.25) is 0 Å². The van der Waals surface area contributed by atoms with Crippen LogP contribution in [0, 0.1) is 0 Å². The predicted octanol–water partition coefficient (Wildman–Crippen LogP) is 1.81. The fourth-order valence-electron chi connectivity index (χ4n) is 1.24. The van der Waals surface area contributed by atoms with E-state index in [9.17, 15) is 0 Å². The van der Waals surface area contributed by atoms with Gasteiger partial charge in [0.1, 0.15) is 12.4 Å². The summed E-state index contributed by atoms with van der Waals surface area (Å²) in [6, 6.07) is 7.78. The lowest BCUT2D eigenvalue weighted by Gasteiger charge is -2.10. The second kappa shape index (κ2) is 6.43. The number of aliphatic hydroxyl groups is 1. The highest BCUT2D eigenvalue weighted by atomic mass is 16.5. The Morgan fingerprint density at radius 3 is 2.40 bits per heavy atom. The Kier molecular flexibility index (Phi) is 5.15. The summed E-state index contributed by atoms with van der Waals surface area (Å²) in [6.07, 6.45) is 0. The van der Waals surface area contributed by atoms with Crippen LogP contribution >= 0.6 is 0 Å². The van der Waals surface area contributed by atoms with Crippen LogP contribution in [0.25, 0.3) is 0 Å². The van der Waals surface area contributed by atoms with Gasteiger partial charge in [-0.25, -0.2) is 0 Å². The minimum atomic E-state index is 0.171. The van der Waals surface area contributed by atoms with Crippen LogP contribution in [0.5, 0.6) is 5.75 Å². The van der Waals surface area contributed by atoms with Crippen molar-refractivity contribution in [1.29, 1.82) is 0 Å². The number of hydrogen-bond donors (Lipinski definition) is 1. The molecule has 1 aromatic carbocycles. The standard InChI is InChI=1S/C12H18O3/c1-10(9-13)11-3-5-12(6-4-11)15-8-7-14-2/h3-6,10,13H,7-9H2,1-2H3. The SMILES string of the molecule is COCCOc1ccc(C(C)CO)cc1. The van der Waals surface area contributed by atoms with Gasteiger partial charge in [-0.05, 0) is 17.7 Å². The maximum absolute atomic E-state index is 8.98. The van der Waals surface area contributed by atoms with E-state index < -0.39 is 0 Å². The molecule has 0 spiro atoms. The van der Waals surface area contributed by atoms with E-state index in [1.54, 1.807) is 7.11 Å². The number of benzene rings is 1. The first-order valence-electron chi connectivity index (χ1n) is 5.10. The lowest BCUT2D eigenvalue weighted by atomic mass is 10.0. The van der Waals surface area contributed by atoms with Crippen LogP contribution in [0.15, 0.2) is 24.3 Å². The molecule has 3 heteroatoms. The van der Waals surface area contributed by atoms with Gasteiger partial charge in [-0.2, -0.15) is 0 Å². The Balaban J connectivity index is 2.49. The van der Waals surface area contributed by atoms with Crippen molar-refractivity contribution >= 4 is 0 Å². The van der Waals surface area contributed by atoms with Crippen LogP contribution < -0.4 is 4.74 Å². The fraction of sp³-hybridized carbons (Fsp3) is 0.500. The molecule has 0 aliphatic rings. The minimum Gasteiger partial charge on any atom is -0.491 e. The van der Waals surface area contributed by atoms with Gasteiger partial charge in [-0.3, -0.25) is 0 Å². The highest BCUT2D eigenvalue weighted by Gasteiger charge is 2.03. The Labute approximate surface area is 90.6 Å². The second-order valence-corrected chi connectivity index (χ2v) is 3.49. The van der Waals surface area contributed by atoms with E-state index in [1.807, 2.05) is 31.2 Å². The number of rotatable bonds is 6. The predicted molar refractivity (Wildman–Crippen MR) is 59.3 cm³/mol. The number of ether oxygens (including phenoxy) is 2. The molecular formula is C12H18O3. The molecule has 0 saturated heterocycles. The topological polar surface area (TPSA) is 38.7 Å². The van der Waals surface area contributed by atoms with Crippen LogP contribution in [-0.4, -0.2) is 32.0 Å². The Morgan fingerprint density at radius 1 is 1.20 bits per heavy atom. The van der Waals surface area contributed by atoms with Gasteiger partial charge < -0.3 is 14.6 Å². The first kappa shape index (κ1) is 12.0. The number of hydrogen-bond acceptors (Lipinski definition) is 3. The van der Waals surface area contributed by atoms with Crippen LogP contribution in [0.4, 0.5) is 0 Å². The Hall–Kier alpha value is -1.06.